The van der Waals surface area contributed by atoms with Gasteiger partial charge >= 0.3 is 0 Å². The molecular formula is C20H23N3OS2. The van der Waals surface area contributed by atoms with Gasteiger partial charge in [0, 0.05) is 36.5 Å². The Labute approximate surface area is 161 Å². The molecule has 4 nitrogen and oxygen atoms in total. The monoisotopic (exact) mass is 385 g/mol. The summed E-state index contributed by atoms with van der Waals surface area (Å²) < 4.78 is 1.18. The number of rotatable bonds is 3. The highest BCUT2D eigenvalue weighted by Crippen LogP contribution is 2.48. The van der Waals surface area contributed by atoms with Crippen LogP contribution in [0.3, 0.4) is 0 Å². The molecule has 4 rings (SSSR count). The van der Waals surface area contributed by atoms with Gasteiger partial charge < -0.3 is 5.32 Å². The van der Waals surface area contributed by atoms with Gasteiger partial charge in [0.1, 0.15) is 10.0 Å². The maximum absolute atomic E-state index is 11.8. The van der Waals surface area contributed by atoms with E-state index in [0.717, 1.165) is 34.2 Å². The van der Waals surface area contributed by atoms with Gasteiger partial charge in [-0.05, 0) is 37.5 Å². The number of hydrogen-bond donors (Lipinski definition) is 1. The molecule has 0 fully saturated rings. The minimum absolute atomic E-state index is 0.0284. The average molecular weight is 386 g/mol. The van der Waals surface area contributed by atoms with E-state index in [9.17, 15) is 4.79 Å². The van der Waals surface area contributed by atoms with Crippen molar-refractivity contribution < 1.29 is 4.79 Å². The SMILES string of the molecule is CC(=O)Nc1sc2c(c1-c1nc3ccccc3s1)C(C)CN(C(C)C)C2. The van der Waals surface area contributed by atoms with E-state index in [0.29, 0.717) is 12.0 Å². The first-order chi connectivity index (χ1) is 12.4. The maximum Gasteiger partial charge on any atom is 0.221 e. The molecule has 2 aromatic heterocycles. The van der Waals surface area contributed by atoms with Crippen molar-refractivity contribution in [2.24, 2.45) is 0 Å². The van der Waals surface area contributed by atoms with Crippen molar-refractivity contribution in [2.75, 3.05) is 11.9 Å². The summed E-state index contributed by atoms with van der Waals surface area (Å²) >= 11 is 3.42. The highest BCUT2D eigenvalue weighted by Gasteiger charge is 2.32. The quantitative estimate of drug-likeness (QED) is 0.664. The van der Waals surface area contributed by atoms with Crippen molar-refractivity contribution >= 4 is 43.8 Å². The molecule has 1 aliphatic rings. The molecule has 1 amide bonds. The van der Waals surface area contributed by atoms with Crippen molar-refractivity contribution in [1.29, 1.82) is 0 Å². The Morgan fingerprint density at radius 2 is 2.08 bits per heavy atom. The summed E-state index contributed by atoms with van der Waals surface area (Å²) in [5.41, 5.74) is 3.53. The van der Waals surface area contributed by atoms with Gasteiger partial charge in [-0.15, -0.1) is 22.7 Å². The lowest BCUT2D eigenvalue weighted by atomic mass is 9.92. The smallest absolute Gasteiger partial charge is 0.221 e. The third-order valence-electron chi connectivity index (χ3n) is 4.90. The number of benzene rings is 1. The fraction of sp³-hybridized carbons (Fsp3) is 0.400. The predicted octanol–water partition coefficient (Wildman–Crippen LogP) is 5.31. The average Bonchev–Trinajstić information content (AvgIpc) is 3.14. The molecule has 0 bridgehead atoms. The van der Waals surface area contributed by atoms with E-state index in [1.165, 1.54) is 15.1 Å². The fourth-order valence-electron chi connectivity index (χ4n) is 3.65. The molecule has 3 heterocycles. The van der Waals surface area contributed by atoms with Crippen molar-refractivity contribution in [3.8, 4) is 10.6 Å². The van der Waals surface area contributed by atoms with Crippen LogP contribution < -0.4 is 5.32 Å². The predicted molar refractivity (Wildman–Crippen MR) is 111 cm³/mol. The molecule has 136 valence electrons. The van der Waals surface area contributed by atoms with Gasteiger partial charge in [-0.25, -0.2) is 4.98 Å². The number of anilines is 1. The van der Waals surface area contributed by atoms with Gasteiger partial charge in [-0.2, -0.15) is 0 Å². The molecule has 0 spiro atoms. The molecule has 6 heteroatoms. The highest BCUT2D eigenvalue weighted by atomic mass is 32.1. The second-order valence-corrected chi connectivity index (χ2v) is 9.37. The van der Waals surface area contributed by atoms with Crippen molar-refractivity contribution in [3.05, 3.63) is 34.7 Å². The Hall–Kier alpha value is -1.76. The van der Waals surface area contributed by atoms with Gasteiger partial charge in [0.05, 0.1) is 10.2 Å². The zero-order chi connectivity index (χ0) is 18.4. The maximum atomic E-state index is 11.8. The zero-order valence-electron chi connectivity index (χ0n) is 15.5. The first-order valence-corrected chi connectivity index (χ1v) is 10.6. The van der Waals surface area contributed by atoms with Gasteiger partial charge in [0.25, 0.3) is 0 Å². The third-order valence-corrected chi connectivity index (χ3v) is 7.06. The molecule has 0 saturated carbocycles. The van der Waals surface area contributed by atoms with Crippen LogP contribution in [-0.2, 0) is 11.3 Å². The van der Waals surface area contributed by atoms with Crippen LogP contribution in [0.2, 0.25) is 0 Å². The molecule has 1 aliphatic heterocycles. The van der Waals surface area contributed by atoms with Gasteiger partial charge in [0.15, 0.2) is 0 Å². The molecule has 0 radical (unpaired) electrons. The molecular weight excluding hydrogens is 362 g/mol. The summed E-state index contributed by atoms with van der Waals surface area (Å²) in [6.07, 6.45) is 0. The minimum atomic E-state index is -0.0284. The van der Waals surface area contributed by atoms with E-state index < -0.39 is 0 Å². The summed E-state index contributed by atoms with van der Waals surface area (Å²) in [5, 5.41) is 5.02. The van der Waals surface area contributed by atoms with Gasteiger partial charge in [0.2, 0.25) is 5.91 Å². The van der Waals surface area contributed by atoms with Crippen molar-refractivity contribution in [3.63, 3.8) is 0 Å². The first kappa shape index (κ1) is 17.6. The molecule has 1 aromatic carbocycles. The van der Waals surface area contributed by atoms with Crippen LogP contribution in [0.4, 0.5) is 5.00 Å². The largest absolute Gasteiger partial charge is 0.317 e. The molecule has 0 aliphatic carbocycles. The first-order valence-electron chi connectivity index (χ1n) is 8.97. The molecule has 0 saturated heterocycles. The summed E-state index contributed by atoms with van der Waals surface area (Å²) in [6.45, 7) is 10.3. The lowest BCUT2D eigenvalue weighted by Gasteiger charge is -2.34. The third kappa shape index (κ3) is 3.06. The fourth-order valence-corrected chi connectivity index (χ4v) is 6.14. The van der Waals surface area contributed by atoms with Gasteiger partial charge in [-0.3, -0.25) is 9.69 Å². The number of carbonyl (C=O) groups is 1. The van der Waals surface area contributed by atoms with Crippen LogP contribution in [-0.4, -0.2) is 28.4 Å². The Morgan fingerprint density at radius 1 is 1.31 bits per heavy atom. The number of hydrogen-bond acceptors (Lipinski definition) is 5. The van der Waals surface area contributed by atoms with Gasteiger partial charge in [-0.1, -0.05) is 19.1 Å². The Balaban J connectivity index is 1.88. The Bertz CT molecular complexity index is 940. The number of fused-ring (bicyclic) bond motifs is 2. The summed E-state index contributed by atoms with van der Waals surface area (Å²) in [7, 11) is 0. The molecule has 1 N–H and O–H groups in total. The van der Waals surface area contributed by atoms with Crippen LogP contribution in [0.25, 0.3) is 20.8 Å². The van der Waals surface area contributed by atoms with E-state index >= 15 is 0 Å². The molecule has 1 unspecified atom stereocenters. The topological polar surface area (TPSA) is 45.2 Å². The number of nitrogens with one attached hydrogen (secondary N) is 1. The van der Waals surface area contributed by atoms with Crippen molar-refractivity contribution in [2.45, 2.75) is 46.2 Å². The Morgan fingerprint density at radius 3 is 2.77 bits per heavy atom. The standard InChI is InChI=1S/C20H23N3OS2/c1-11(2)23-9-12(3)17-16(10-23)26-19(21-13(4)24)18(17)20-22-14-7-5-6-8-15(14)25-20/h5-8,11-12H,9-10H2,1-4H3,(H,21,24). The van der Waals surface area contributed by atoms with E-state index in [1.54, 1.807) is 29.6 Å². The van der Waals surface area contributed by atoms with E-state index in [1.807, 2.05) is 12.1 Å². The van der Waals surface area contributed by atoms with Crippen LogP contribution in [0.15, 0.2) is 24.3 Å². The highest BCUT2D eigenvalue weighted by molar-refractivity contribution is 7.22. The number of aromatic nitrogens is 1. The number of nitrogens with zero attached hydrogens (tertiary/aromatic N) is 2. The number of thiophene rings is 1. The molecule has 1 atom stereocenters. The van der Waals surface area contributed by atoms with E-state index in [2.05, 4.69) is 43.1 Å². The molecule has 26 heavy (non-hydrogen) atoms. The lowest BCUT2D eigenvalue weighted by Crippen LogP contribution is -2.36. The number of amides is 1. The van der Waals surface area contributed by atoms with Crippen LogP contribution >= 0.6 is 22.7 Å². The number of thiazole rings is 1. The lowest BCUT2D eigenvalue weighted by molar-refractivity contribution is -0.114. The second-order valence-electron chi connectivity index (χ2n) is 7.24. The minimum Gasteiger partial charge on any atom is -0.317 e. The summed E-state index contributed by atoms with van der Waals surface area (Å²) in [5.74, 6) is 0.390. The number of para-hydroxylation sites is 1. The van der Waals surface area contributed by atoms with E-state index in [-0.39, 0.29) is 5.91 Å². The molecule has 3 aromatic rings. The summed E-state index contributed by atoms with van der Waals surface area (Å²) in [6, 6.07) is 8.74. The zero-order valence-corrected chi connectivity index (χ0v) is 17.1. The van der Waals surface area contributed by atoms with Crippen molar-refractivity contribution in [1.82, 2.24) is 9.88 Å². The van der Waals surface area contributed by atoms with Crippen LogP contribution in [0.1, 0.15) is 44.1 Å². The van der Waals surface area contributed by atoms with Crippen LogP contribution in [0, 0.1) is 0 Å². The summed E-state index contributed by atoms with van der Waals surface area (Å²) in [4.78, 5) is 20.5. The number of carbonyl (C=O) groups excluding carboxylic acids is 1. The Kier molecular flexibility index (Phi) is 4.59. The van der Waals surface area contributed by atoms with E-state index in [4.69, 9.17) is 4.98 Å². The normalized spacial score (nSPS) is 17.7. The second kappa shape index (κ2) is 6.76. The van der Waals surface area contributed by atoms with Crippen LogP contribution in [0.5, 0.6) is 0 Å².